The number of nitrogens with zero attached hydrogens (tertiary/aromatic N) is 5. The highest BCUT2D eigenvalue weighted by molar-refractivity contribution is 5.77. The number of hydrogen-bond acceptors (Lipinski definition) is 4. The number of pyridine rings is 1. The summed E-state index contributed by atoms with van der Waals surface area (Å²) in [5.41, 5.74) is 3.71. The number of halogens is 3. The van der Waals surface area contributed by atoms with Crippen LogP contribution in [0, 0.1) is 0 Å². The Hall–Kier alpha value is -3.39. The Morgan fingerprint density at radius 3 is 2.24 bits per heavy atom. The smallest absolute Gasteiger partial charge is 0.369 e. The van der Waals surface area contributed by atoms with Gasteiger partial charge in [0.05, 0.1) is 5.56 Å². The van der Waals surface area contributed by atoms with Crippen LogP contribution in [0.15, 0.2) is 66.9 Å². The summed E-state index contributed by atoms with van der Waals surface area (Å²) < 4.78 is 40.4. The summed E-state index contributed by atoms with van der Waals surface area (Å²) in [4.78, 5) is 9.41. The zero-order valence-corrected chi connectivity index (χ0v) is 18.3. The standard InChI is InChI=1S/C25H24F3N5/c1-31-13-15-32(16-14-31)21-10-4-18(5-11-21)17-23-29-24-22(3-2-12-33(24)30-23)19-6-8-20(9-7-19)25(26,27)28/h2-12H,13-17H2,1H3. The molecule has 2 aromatic heterocycles. The molecule has 1 aliphatic rings. The van der Waals surface area contributed by atoms with Crippen molar-refractivity contribution in [2.24, 2.45) is 0 Å². The topological polar surface area (TPSA) is 36.7 Å². The fourth-order valence-corrected chi connectivity index (χ4v) is 4.16. The molecule has 33 heavy (non-hydrogen) atoms. The second-order valence-electron chi connectivity index (χ2n) is 8.43. The molecule has 5 nitrogen and oxygen atoms in total. The molecular weight excluding hydrogens is 427 g/mol. The molecule has 2 aromatic carbocycles. The van der Waals surface area contributed by atoms with E-state index in [0.717, 1.165) is 49.4 Å². The van der Waals surface area contributed by atoms with E-state index in [-0.39, 0.29) is 0 Å². The van der Waals surface area contributed by atoms with E-state index in [2.05, 4.69) is 51.2 Å². The first-order valence-corrected chi connectivity index (χ1v) is 10.9. The summed E-state index contributed by atoms with van der Waals surface area (Å²) in [7, 11) is 2.14. The molecular formula is C25H24F3N5. The third kappa shape index (κ3) is 4.57. The highest BCUT2D eigenvalue weighted by atomic mass is 19.4. The molecule has 0 bridgehead atoms. The first kappa shape index (κ1) is 21.5. The highest BCUT2D eigenvalue weighted by Crippen LogP contribution is 2.32. The number of anilines is 1. The number of benzene rings is 2. The van der Waals surface area contributed by atoms with Crippen molar-refractivity contribution in [1.82, 2.24) is 19.5 Å². The Kier molecular flexibility index (Phi) is 5.54. The molecule has 0 atom stereocenters. The van der Waals surface area contributed by atoms with E-state index in [0.29, 0.717) is 23.5 Å². The van der Waals surface area contributed by atoms with Gasteiger partial charge in [0, 0.05) is 50.0 Å². The Labute approximate surface area is 190 Å². The summed E-state index contributed by atoms with van der Waals surface area (Å²) in [6.07, 6.45) is -1.97. The van der Waals surface area contributed by atoms with Gasteiger partial charge in [-0.2, -0.15) is 18.3 Å². The SMILES string of the molecule is CN1CCN(c2ccc(Cc3nc4c(-c5ccc(C(F)(F)F)cc5)cccn4n3)cc2)CC1. The van der Waals surface area contributed by atoms with E-state index < -0.39 is 11.7 Å². The molecule has 0 radical (unpaired) electrons. The quantitative estimate of drug-likeness (QED) is 0.449. The molecule has 0 saturated carbocycles. The van der Waals surface area contributed by atoms with Gasteiger partial charge in [-0.1, -0.05) is 24.3 Å². The third-order valence-electron chi connectivity index (χ3n) is 6.10. The predicted molar refractivity (Wildman–Crippen MR) is 122 cm³/mol. The number of aromatic nitrogens is 3. The zero-order valence-electron chi connectivity index (χ0n) is 18.3. The van der Waals surface area contributed by atoms with Crippen molar-refractivity contribution < 1.29 is 13.2 Å². The summed E-state index contributed by atoms with van der Waals surface area (Å²) in [6, 6.07) is 17.3. The van der Waals surface area contributed by atoms with E-state index >= 15 is 0 Å². The van der Waals surface area contributed by atoms with E-state index in [1.165, 1.54) is 17.8 Å². The fraction of sp³-hybridized carbons (Fsp3) is 0.280. The molecule has 5 rings (SSSR count). The molecule has 1 saturated heterocycles. The Balaban J connectivity index is 1.36. The van der Waals surface area contributed by atoms with Crippen LogP contribution >= 0.6 is 0 Å². The van der Waals surface area contributed by atoms with Gasteiger partial charge < -0.3 is 9.80 Å². The van der Waals surface area contributed by atoms with Crippen LogP contribution in [0.1, 0.15) is 17.0 Å². The molecule has 1 aliphatic heterocycles. The lowest BCUT2D eigenvalue weighted by atomic mass is 10.0. The van der Waals surface area contributed by atoms with Crippen LogP contribution in [-0.2, 0) is 12.6 Å². The monoisotopic (exact) mass is 451 g/mol. The Bertz CT molecular complexity index is 1240. The zero-order chi connectivity index (χ0) is 23.0. The Morgan fingerprint density at radius 1 is 0.879 bits per heavy atom. The van der Waals surface area contributed by atoms with E-state index in [1.807, 2.05) is 12.1 Å². The first-order valence-electron chi connectivity index (χ1n) is 10.9. The second kappa shape index (κ2) is 8.51. The largest absolute Gasteiger partial charge is 0.416 e. The van der Waals surface area contributed by atoms with Gasteiger partial charge in [0.15, 0.2) is 11.5 Å². The third-order valence-corrected chi connectivity index (χ3v) is 6.10. The molecule has 4 aromatic rings. The van der Waals surface area contributed by atoms with Crippen molar-refractivity contribution in [2.75, 3.05) is 38.1 Å². The average Bonchev–Trinajstić information content (AvgIpc) is 3.22. The molecule has 170 valence electrons. The summed E-state index contributed by atoms with van der Waals surface area (Å²) in [5.74, 6) is 0.668. The molecule has 0 unspecified atom stereocenters. The van der Waals surface area contributed by atoms with Crippen LogP contribution in [-0.4, -0.2) is 52.7 Å². The van der Waals surface area contributed by atoms with Crippen LogP contribution in [0.3, 0.4) is 0 Å². The molecule has 1 fully saturated rings. The minimum atomic E-state index is -4.35. The normalized spacial score (nSPS) is 15.3. The van der Waals surface area contributed by atoms with Crippen LogP contribution in [0.5, 0.6) is 0 Å². The van der Waals surface area contributed by atoms with Gasteiger partial charge >= 0.3 is 6.18 Å². The number of alkyl halides is 3. The fourth-order valence-electron chi connectivity index (χ4n) is 4.16. The molecule has 3 heterocycles. The number of piperazine rings is 1. The lowest BCUT2D eigenvalue weighted by molar-refractivity contribution is -0.137. The molecule has 0 spiro atoms. The highest BCUT2D eigenvalue weighted by Gasteiger charge is 2.30. The summed E-state index contributed by atoms with van der Waals surface area (Å²) in [6.45, 7) is 4.18. The maximum absolute atomic E-state index is 12.9. The number of hydrogen-bond donors (Lipinski definition) is 0. The van der Waals surface area contributed by atoms with Crippen LogP contribution in [0.2, 0.25) is 0 Å². The van der Waals surface area contributed by atoms with Crippen molar-refractivity contribution >= 4 is 11.3 Å². The minimum absolute atomic E-state index is 0.581. The Morgan fingerprint density at radius 2 is 1.58 bits per heavy atom. The van der Waals surface area contributed by atoms with Gasteiger partial charge in [-0.15, -0.1) is 0 Å². The molecule has 8 heteroatoms. The average molecular weight is 451 g/mol. The van der Waals surface area contributed by atoms with Crippen molar-refractivity contribution in [3.63, 3.8) is 0 Å². The summed E-state index contributed by atoms with van der Waals surface area (Å²) >= 11 is 0. The number of fused-ring (bicyclic) bond motifs is 1. The van der Waals surface area contributed by atoms with E-state index in [9.17, 15) is 13.2 Å². The lowest BCUT2D eigenvalue weighted by Crippen LogP contribution is -2.44. The van der Waals surface area contributed by atoms with Gasteiger partial charge in [0.25, 0.3) is 0 Å². The molecule has 0 amide bonds. The van der Waals surface area contributed by atoms with E-state index in [4.69, 9.17) is 0 Å². The lowest BCUT2D eigenvalue weighted by Gasteiger charge is -2.34. The van der Waals surface area contributed by atoms with Crippen LogP contribution < -0.4 is 4.90 Å². The number of rotatable bonds is 4. The van der Waals surface area contributed by atoms with Gasteiger partial charge in [-0.3, -0.25) is 0 Å². The van der Waals surface area contributed by atoms with Crippen molar-refractivity contribution in [3.8, 4) is 11.1 Å². The van der Waals surface area contributed by atoms with Crippen LogP contribution in [0.4, 0.5) is 18.9 Å². The second-order valence-corrected chi connectivity index (χ2v) is 8.43. The molecule has 0 N–H and O–H groups in total. The maximum atomic E-state index is 12.9. The first-order chi connectivity index (χ1) is 15.9. The van der Waals surface area contributed by atoms with Crippen molar-refractivity contribution in [2.45, 2.75) is 12.6 Å². The van der Waals surface area contributed by atoms with Gasteiger partial charge in [-0.25, -0.2) is 9.50 Å². The maximum Gasteiger partial charge on any atom is 0.416 e. The van der Waals surface area contributed by atoms with Gasteiger partial charge in [-0.05, 0) is 54.6 Å². The summed E-state index contributed by atoms with van der Waals surface area (Å²) in [5, 5.41) is 4.58. The van der Waals surface area contributed by atoms with Crippen molar-refractivity contribution in [1.29, 1.82) is 0 Å². The molecule has 0 aliphatic carbocycles. The van der Waals surface area contributed by atoms with E-state index in [1.54, 1.807) is 10.7 Å². The predicted octanol–water partition coefficient (Wildman–Crippen LogP) is 4.76. The van der Waals surface area contributed by atoms with Gasteiger partial charge in [0.1, 0.15) is 0 Å². The minimum Gasteiger partial charge on any atom is -0.369 e. The van der Waals surface area contributed by atoms with Crippen LogP contribution in [0.25, 0.3) is 16.8 Å². The van der Waals surface area contributed by atoms with Gasteiger partial charge in [0.2, 0.25) is 0 Å². The number of likely N-dealkylation sites (N-methyl/N-ethyl adjacent to an activating group) is 1. The van der Waals surface area contributed by atoms with Crippen molar-refractivity contribution in [3.05, 3.63) is 83.8 Å².